The third kappa shape index (κ3) is 3.91. The maximum absolute atomic E-state index is 12.2. The summed E-state index contributed by atoms with van der Waals surface area (Å²) >= 11 is 0. The van der Waals surface area contributed by atoms with E-state index in [2.05, 4.69) is 5.32 Å². The average Bonchev–Trinajstić information content (AvgIpc) is 2.28. The smallest absolute Gasteiger partial charge is 0.214 e. The fraction of sp³-hybridized carbons (Fsp3) is 1.00. The van der Waals surface area contributed by atoms with E-state index in [1.165, 1.54) is 4.31 Å². The summed E-state index contributed by atoms with van der Waals surface area (Å²) in [5.41, 5.74) is -0.730. The number of hydrogen-bond donors (Lipinski definition) is 2. The summed E-state index contributed by atoms with van der Waals surface area (Å²) < 4.78 is 25.7. The molecule has 0 saturated carbocycles. The Kier molecular flexibility index (Phi) is 4.95. The molecule has 1 aliphatic rings. The van der Waals surface area contributed by atoms with Crippen LogP contribution in [-0.4, -0.2) is 55.9 Å². The number of nitrogens with zero attached hydrogens (tertiary/aromatic N) is 1. The number of aliphatic hydroxyl groups is 1. The van der Waals surface area contributed by atoms with Gasteiger partial charge in [-0.15, -0.1) is 0 Å². The zero-order valence-electron chi connectivity index (χ0n) is 10.9. The molecule has 0 radical (unpaired) electrons. The van der Waals surface area contributed by atoms with E-state index in [1.54, 1.807) is 20.9 Å². The molecule has 0 amide bonds. The zero-order valence-corrected chi connectivity index (χ0v) is 11.8. The van der Waals surface area contributed by atoms with Crippen LogP contribution in [0, 0.1) is 5.92 Å². The van der Waals surface area contributed by atoms with E-state index in [-0.39, 0.29) is 18.3 Å². The van der Waals surface area contributed by atoms with Crippen molar-refractivity contribution in [2.45, 2.75) is 32.2 Å². The Labute approximate surface area is 104 Å². The van der Waals surface area contributed by atoms with Gasteiger partial charge in [0.25, 0.3) is 0 Å². The number of sulfonamides is 1. The summed E-state index contributed by atoms with van der Waals surface area (Å²) in [6, 6.07) is 0. The Balaban J connectivity index is 2.67. The first-order chi connectivity index (χ1) is 7.79. The standard InChI is InChI=1S/C11H24N2O3S/c1-11(2,9-14)13(3)17(15,16)8-10-4-6-12-7-5-10/h10,12,14H,4-9H2,1-3H3. The van der Waals surface area contributed by atoms with Crippen LogP contribution in [0.25, 0.3) is 0 Å². The molecule has 1 heterocycles. The minimum atomic E-state index is -3.28. The van der Waals surface area contributed by atoms with E-state index >= 15 is 0 Å². The Morgan fingerprint density at radius 2 is 1.88 bits per heavy atom. The van der Waals surface area contributed by atoms with Gasteiger partial charge in [-0.05, 0) is 45.7 Å². The second-order valence-corrected chi connectivity index (χ2v) is 7.45. The van der Waals surface area contributed by atoms with Gasteiger partial charge < -0.3 is 10.4 Å². The lowest BCUT2D eigenvalue weighted by molar-refractivity contribution is 0.137. The molecule has 0 aromatic heterocycles. The van der Waals surface area contributed by atoms with E-state index in [9.17, 15) is 13.5 Å². The Morgan fingerprint density at radius 1 is 1.35 bits per heavy atom. The molecule has 1 fully saturated rings. The third-order valence-corrected chi connectivity index (χ3v) is 5.78. The molecule has 17 heavy (non-hydrogen) atoms. The minimum Gasteiger partial charge on any atom is -0.394 e. The van der Waals surface area contributed by atoms with E-state index in [4.69, 9.17) is 0 Å². The maximum atomic E-state index is 12.2. The number of hydrogen-bond acceptors (Lipinski definition) is 4. The number of nitrogens with one attached hydrogen (secondary N) is 1. The van der Waals surface area contributed by atoms with Crippen LogP contribution >= 0.6 is 0 Å². The lowest BCUT2D eigenvalue weighted by Gasteiger charge is -2.34. The van der Waals surface area contributed by atoms with Crippen LogP contribution in [-0.2, 0) is 10.0 Å². The van der Waals surface area contributed by atoms with Crippen LogP contribution in [0.2, 0.25) is 0 Å². The van der Waals surface area contributed by atoms with Gasteiger partial charge in [-0.1, -0.05) is 0 Å². The fourth-order valence-corrected chi connectivity index (χ4v) is 3.90. The first kappa shape index (κ1) is 14.9. The van der Waals surface area contributed by atoms with Crippen molar-refractivity contribution in [3.05, 3.63) is 0 Å². The molecule has 1 rings (SSSR count). The van der Waals surface area contributed by atoms with Gasteiger partial charge in [-0.25, -0.2) is 8.42 Å². The molecule has 5 nitrogen and oxygen atoms in total. The van der Waals surface area contributed by atoms with E-state index in [0.29, 0.717) is 0 Å². The van der Waals surface area contributed by atoms with Gasteiger partial charge >= 0.3 is 0 Å². The van der Waals surface area contributed by atoms with Gasteiger partial charge in [0.1, 0.15) is 0 Å². The lowest BCUT2D eigenvalue weighted by atomic mass is 10.0. The highest BCUT2D eigenvalue weighted by molar-refractivity contribution is 7.89. The molecule has 0 unspecified atom stereocenters. The second-order valence-electron chi connectivity index (χ2n) is 5.41. The summed E-state index contributed by atoms with van der Waals surface area (Å²) in [6.45, 7) is 5.08. The average molecular weight is 264 g/mol. The maximum Gasteiger partial charge on any atom is 0.214 e. The molecule has 2 N–H and O–H groups in total. The van der Waals surface area contributed by atoms with Gasteiger partial charge in [0.05, 0.1) is 17.9 Å². The quantitative estimate of drug-likeness (QED) is 0.734. The van der Waals surface area contributed by atoms with Gasteiger partial charge in [-0.3, -0.25) is 0 Å². The summed E-state index contributed by atoms with van der Waals surface area (Å²) in [6.07, 6.45) is 1.82. The molecule has 102 valence electrons. The summed E-state index contributed by atoms with van der Waals surface area (Å²) in [7, 11) is -1.74. The van der Waals surface area contributed by atoms with Crippen molar-refractivity contribution in [1.82, 2.24) is 9.62 Å². The van der Waals surface area contributed by atoms with Crippen LogP contribution in [0.3, 0.4) is 0 Å². The highest BCUT2D eigenvalue weighted by atomic mass is 32.2. The molecule has 6 heteroatoms. The van der Waals surface area contributed by atoms with Crippen molar-refractivity contribution in [1.29, 1.82) is 0 Å². The van der Waals surface area contributed by atoms with E-state index in [1.807, 2.05) is 0 Å². The van der Waals surface area contributed by atoms with Crippen molar-refractivity contribution in [3.8, 4) is 0 Å². The minimum absolute atomic E-state index is 0.172. The Morgan fingerprint density at radius 3 is 2.35 bits per heavy atom. The topological polar surface area (TPSA) is 69.6 Å². The van der Waals surface area contributed by atoms with Crippen molar-refractivity contribution in [3.63, 3.8) is 0 Å². The number of likely N-dealkylation sites (N-methyl/N-ethyl adjacent to an activating group) is 1. The van der Waals surface area contributed by atoms with E-state index in [0.717, 1.165) is 25.9 Å². The molecule has 0 spiro atoms. The molecule has 0 bridgehead atoms. The lowest BCUT2D eigenvalue weighted by Crippen LogP contribution is -2.49. The predicted octanol–water partition coefficient (Wildman–Crippen LogP) is 0.0185. The first-order valence-electron chi connectivity index (χ1n) is 6.08. The molecule has 0 aliphatic carbocycles. The highest BCUT2D eigenvalue weighted by Crippen LogP contribution is 2.21. The van der Waals surface area contributed by atoms with Crippen molar-refractivity contribution >= 4 is 10.0 Å². The van der Waals surface area contributed by atoms with Crippen LogP contribution in [0.5, 0.6) is 0 Å². The van der Waals surface area contributed by atoms with Crippen LogP contribution in [0.4, 0.5) is 0 Å². The third-order valence-electron chi connectivity index (χ3n) is 3.56. The predicted molar refractivity (Wildman–Crippen MR) is 68.3 cm³/mol. The SMILES string of the molecule is CN(C(C)(C)CO)S(=O)(=O)CC1CCNCC1. The van der Waals surface area contributed by atoms with Crippen molar-refractivity contribution in [2.24, 2.45) is 5.92 Å². The monoisotopic (exact) mass is 264 g/mol. The molecule has 1 aliphatic heterocycles. The first-order valence-corrected chi connectivity index (χ1v) is 7.69. The van der Waals surface area contributed by atoms with Crippen LogP contribution in [0.1, 0.15) is 26.7 Å². The second kappa shape index (κ2) is 5.65. The van der Waals surface area contributed by atoms with Crippen LogP contribution < -0.4 is 5.32 Å². The van der Waals surface area contributed by atoms with Gasteiger partial charge in [0.15, 0.2) is 0 Å². The van der Waals surface area contributed by atoms with Gasteiger partial charge in [0.2, 0.25) is 10.0 Å². The molecule has 1 saturated heterocycles. The summed E-state index contributed by atoms with van der Waals surface area (Å²) in [5, 5.41) is 12.4. The molecule has 0 aromatic rings. The summed E-state index contributed by atoms with van der Waals surface area (Å²) in [5.74, 6) is 0.424. The Hall–Kier alpha value is -0.170. The zero-order chi connectivity index (χ0) is 13.1. The number of piperidine rings is 1. The molecule has 0 atom stereocenters. The summed E-state index contributed by atoms with van der Waals surface area (Å²) in [4.78, 5) is 0. The normalized spacial score (nSPS) is 19.8. The fourth-order valence-electron chi connectivity index (χ4n) is 1.93. The van der Waals surface area contributed by atoms with Crippen molar-refractivity contribution < 1.29 is 13.5 Å². The largest absolute Gasteiger partial charge is 0.394 e. The van der Waals surface area contributed by atoms with E-state index < -0.39 is 15.6 Å². The van der Waals surface area contributed by atoms with Gasteiger partial charge in [-0.2, -0.15) is 4.31 Å². The molecular weight excluding hydrogens is 240 g/mol. The number of rotatable bonds is 5. The number of aliphatic hydroxyl groups excluding tert-OH is 1. The van der Waals surface area contributed by atoms with Crippen LogP contribution in [0.15, 0.2) is 0 Å². The molecular formula is C11H24N2O3S. The highest BCUT2D eigenvalue weighted by Gasteiger charge is 2.34. The molecule has 0 aromatic carbocycles. The Bertz CT molecular complexity index is 335. The van der Waals surface area contributed by atoms with Crippen molar-refractivity contribution in [2.75, 3.05) is 32.5 Å². The van der Waals surface area contributed by atoms with Gasteiger partial charge in [0, 0.05) is 7.05 Å².